The topological polar surface area (TPSA) is 47.3 Å². The minimum Gasteiger partial charge on any atom is -0.381 e. The summed E-state index contributed by atoms with van der Waals surface area (Å²) in [6.07, 6.45) is 7.12. The molecule has 0 aromatic carbocycles. The van der Waals surface area contributed by atoms with Crippen molar-refractivity contribution in [2.75, 3.05) is 13.2 Å². The number of hydrogen-bond acceptors (Lipinski definition) is 3. The molecular formula is C11H26N2O. The summed E-state index contributed by atoms with van der Waals surface area (Å²) in [5.41, 5.74) is 2.86. The molecule has 3 heteroatoms. The zero-order chi connectivity index (χ0) is 10.6. The van der Waals surface area contributed by atoms with Crippen LogP contribution in [0.5, 0.6) is 0 Å². The second-order valence-electron chi connectivity index (χ2n) is 3.76. The number of rotatable bonds is 10. The molecule has 0 rings (SSSR count). The van der Waals surface area contributed by atoms with E-state index in [4.69, 9.17) is 10.6 Å². The Balaban J connectivity index is 3.28. The lowest BCUT2D eigenvalue weighted by atomic mass is 10.1. The van der Waals surface area contributed by atoms with Gasteiger partial charge in [-0.2, -0.15) is 0 Å². The molecule has 0 aliphatic rings. The maximum absolute atomic E-state index is 5.46. The van der Waals surface area contributed by atoms with Gasteiger partial charge >= 0.3 is 0 Å². The number of ether oxygens (including phenoxy) is 1. The van der Waals surface area contributed by atoms with E-state index in [0.717, 1.165) is 26.1 Å². The monoisotopic (exact) mass is 202 g/mol. The molecule has 86 valence electrons. The Kier molecular flexibility index (Phi) is 10.9. The SMILES string of the molecule is CCCCCC(CCOCCC)NN. The van der Waals surface area contributed by atoms with Crippen molar-refractivity contribution in [1.29, 1.82) is 0 Å². The van der Waals surface area contributed by atoms with Crippen LogP contribution in [0, 0.1) is 0 Å². The Hall–Kier alpha value is -0.120. The average Bonchev–Trinajstić information content (AvgIpc) is 2.22. The summed E-state index contributed by atoms with van der Waals surface area (Å²) < 4.78 is 5.43. The van der Waals surface area contributed by atoms with Crippen LogP contribution in [0.4, 0.5) is 0 Å². The predicted molar refractivity (Wildman–Crippen MR) is 61.0 cm³/mol. The van der Waals surface area contributed by atoms with Crippen LogP contribution in [0.1, 0.15) is 52.4 Å². The molecule has 0 heterocycles. The molecule has 0 aliphatic heterocycles. The van der Waals surface area contributed by atoms with E-state index in [0.29, 0.717) is 6.04 Å². The highest BCUT2D eigenvalue weighted by Gasteiger charge is 2.05. The summed E-state index contributed by atoms with van der Waals surface area (Å²) in [6, 6.07) is 0.429. The summed E-state index contributed by atoms with van der Waals surface area (Å²) in [5.74, 6) is 5.46. The van der Waals surface area contributed by atoms with Gasteiger partial charge in [0.2, 0.25) is 0 Å². The Morgan fingerprint density at radius 2 is 1.86 bits per heavy atom. The smallest absolute Gasteiger partial charge is 0.0481 e. The quantitative estimate of drug-likeness (QED) is 0.324. The van der Waals surface area contributed by atoms with E-state index < -0.39 is 0 Å². The first-order chi connectivity index (χ1) is 6.85. The fourth-order valence-corrected chi connectivity index (χ4v) is 1.42. The molecule has 1 atom stereocenters. The van der Waals surface area contributed by atoms with Gasteiger partial charge in [0.25, 0.3) is 0 Å². The number of hydrogen-bond donors (Lipinski definition) is 2. The number of nitrogens with one attached hydrogen (secondary N) is 1. The molecule has 0 saturated heterocycles. The Labute approximate surface area is 88.4 Å². The standard InChI is InChI=1S/C11H26N2O/c1-3-5-6-7-11(13-12)8-10-14-9-4-2/h11,13H,3-10,12H2,1-2H3. The number of nitrogens with two attached hydrogens (primary N) is 1. The lowest BCUT2D eigenvalue weighted by Crippen LogP contribution is -2.35. The summed E-state index contributed by atoms with van der Waals surface area (Å²) in [7, 11) is 0. The highest BCUT2D eigenvalue weighted by Crippen LogP contribution is 2.05. The van der Waals surface area contributed by atoms with Crippen LogP contribution < -0.4 is 11.3 Å². The summed E-state index contributed by atoms with van der Waals surface area (Å²) in [6.45, 7) is 6.04. The maximum atomic E-state index is 5.46. The molecule has 0 amide bonds. The largest absolute Gasteiger partial charge is 0.381 e. The molecule has 0 aliphatic carbocycles. The lowest BCUT2D eigenvalue weighted by molar-refractivity contribution is 0.123. The van der Waals surface area contributed by atoms with Crippen LogP contribution >= 0.6 is 0 Å². The molecule has 0 saturated carbocycles. The summed E-state index contributed by atoms with van der Waals surface area (Å²) in [4.78, 5) is 0. The highest BCUT2D eigenvalue weighted by atomic mass is 16.5. The van der Waals surface area contributed by atoms with Crippen molar-refractivity contribution in [2.45, 2.75) is 58.4 Å². The van der Waals surface area contributed by atoms with Gasteiger partial charge in [-0.3, -0.25) is 11.3 Å². The molecule has 0 fully saturated rings. The molecule has 0 aromatic rings. The average molecular weight is 202 g/mol. The van der Waals surface area contributed by atoms with Gasteiger partial charge in [-0.1, -0.05) is 33.1 Å². The Morgan fingerprint density at radius 1 is 1.07 bits per heavy atom. The Morgan fingerprint density at radius 3 is 2.43 bits per heavy atom. The van der Waals surface area contributed by atoms with Crippen molar-refractivity contribution in [2.24, 2.45) is 5.84 Å². The fraction of sp³-hybridized carbons (Fsp3) is 1.00. The first-order valence-electron chi connectivity index (χ1n) is 5.89. The molecule has 0 radical (unpaired) electrons. The first-order valence-corrected chi connectivity index (χ1v) is 5.89. The number of hydrazine groups is 1. The Bertz CT molecular complexity index is 109. The van der Waals surface area contributed by atoms with Gasteiger partial charge in [0.1, 0.15) is 0 Å². The van der Waals surface area contributed by atoms with Gasteiger partial charge in [-0.25, -0.2) is 0 Å². The lowest BCUT2D eigenvalue weighted by Gasteiger charge is -2.15. The van der Waals surface area contributed by atoms with Gasteiger partial charge in [0.15, 0.2) is 0 Å². The zero-order valence-corrected chi connectivity index (χ0v) is 9.72. The molecule has 1 unspecified atom stereocenters. The molecule has 0 aromatic heterocycles. The van der Waals surface area contributed by atoms with E-state index in [2.05, 4.69) is 19.3 Å². The summed E-state index contributed by atoms with van der Waals surface area (Å²) in [5, 5.41) is 0. The van der Waals surface area contributed by atoms with E-state index in [1.54, 1.807) is 0 Å². The number of unbranched alkanes of at least 4 members (excludes halogenated alkanes) is 2. The second kappa shape index (κ2) is 11.0. The van der Waals surface area contributed by atoms with Crippen molar-refractivity contribution in [3.05, 3.63) is 0 Å². The normalized spacial score (nSPS) is 13.1. The van der Waals surface area contributed by atoms with Gasteiger partial charge in [-0.15, -0.1) is 0 Å². The predicted octanol–water partition coefficient (Wildman–Crippen LogP) is 2.22. The van der Waals surface area contributed by atoms with Gasteiger partial charge in [-0.05, 0) is 19.3 Å². The fourth-order valence-electron chi connectivity index (χ4n) is 1.42. The molecule has 3 N–H and O–H groups in total. The van der Waals surface area contributed by atoms with E-state index in [1.165, 1.54) is 25.7 Å². The van der Waals surface area contributed by atoms with E-state index in [-0.39, 0.29) is 0 Å². The van der Waals surface area contributed by atoms with Crippen molar-refractivity contribution in [3.8, 4) is 0 Å². The van der Waals surface area contributed by atoms with Gasteiger partial charge in [0, 0.05) is 19.3 Å². The van der Waals surface area contributed by atoms with Gasteiger partial charge < -0.3 is 4.74 Å². The molecule has 0 spiro atoms. The van der Waals surface area contributed by atoms with Crippen molar-refractivity contribution in [3.63, 3.8) is 0 Å². The van der Waals surface area contributed by atoms with Crippen LogP contribution in [-0.2, 0) is 4.74 Å². The highest BCUT2D eigenvalue weighted by molar-refractivity contribution is 4.62. The van der Waals surface area contributed by atoms with Crippen molar-refractivity contribution >= 4 is 0 Å². The van der Waals surface area contributed by atoms with Crippen molar-refractivity contribution < 1.29 is 4.74 Å². The third kappa shape index (κ3) is 8.48. The third-order valence-corrected chi connectivity index (χ3v) is 2.35. The van der Waals surface area contributed by atoms with E-state index in [1.807, 2.05) is 0 Å². The van der Waals surface area contributed by atoms with Crippen LogP contribution in [0.3, 0.4) is 0 Å². The molecule has 0 bridgehead atoms. The van der Waals surface area contributed by atoms with E-state index >= 15 is 0 Å². The minimum absolute atomic E-state index is 0.429. The zero-order valence-electron chi connectivity index (χ0n) is 9.72. The van der Waals surface area contributed by atoms with Crippen LogP contribution in [0.25, 0.3) is 0 Å². The second-order valence-corrected chi connectivity index (χ2v) is 3.76. The molecular weight excluding hydrogens is 176 g/mol. The van der Waals surface area contributed by atoms with Gasteiger partial charge in [0.05, 0.1) is 0 Å². The molecule has 14 heavy (non-hydrogen) atoms. The van der Waals surface area contributed by atoms with E-state index in [9.17, 15) is 0 Å². The third-order valence-electron chi connectivity index (χ3n) is 2.35. The van der Waals surface area contributed by atoms with Crippen LogP contribution in [0.15, 0.2) is 0 Å². The minimum atomic E-state index is 0.429. The van der Waals surface area contributed by atoms with Crippen LogP contribution in [0.2, 0.25) is 0 Å². The van der Waals surface area contributed by atoms with Crippen molar-refractivity contribution in [1.82, 2.24) is 5.43 Å². The molecule has 3 nitrogen and oxygen atoms in total. The summed E-state index contributed by atoms with van der Waals surface area (Å²) >= 11 is 0. The van der Waals surface area contributed by atoms with Crippen LogP contribution in [-0.4, -0.2) is 19.3 Å². The first kappa shape index (κ1) is 13.9. The maximum Gasteiger partial charge on any atom is 0.0481 e.